The van der Waals surface area contributed by atoms with Crippen molar-refractivity contribution < 1.29 is 13.6 Å². The summed E-state index contributed by atoms with van der Waals surface area (Å²) in [4.78, 5) is 16.4. The standard InChI is InChI=1S/C18H24F2N2O/c1-21(18(23)13-3-2-4-13)16-7-9-22(10-8-16)12-14-5-6-15(19)11-17(14)20/h5-6,11,13,16H,2-4,7-10,12H2,1H3. The van der Waals surface area contributed by atoms with Crippen LogP contribution in [0.3, 0.4) is 0 Å². The number of hydrogen-bond acceptors (Lipinski definition) is 2. The molecule has 1 saturated carbocycles. The fourth-order valence-electron chi connectivity index (χ4n) is 3.48. The van der Waals surface area contributed by atoms with Gasteiger partial charge >= 0.3 is 0 Å². The van der Waals surface area contributed by atoms with E-state index in [-0.39, 0.29) is 12.0 Å². The van der Waals surface area contributed by atoms with E-state index in [1.165, 1.54) is 18.6 Å². The van der Waals surface area contributed by atoms with Crippen LogP contribution in [0.5, 0.6) is 0 Å². The van der Waals surface area contributed by atoms with Crippen LogP contribution in [0.15, 0.2) is 18.2 Å². The summed E-state index contributed by atoms with van der Waals surface area (Å²) in [5.41, 5.74) is 0.531. The third-order valence-corrected chi connectivity index (χ3v) is 5.32. The molecule has 3 nitrogen and oxygen atoms in total. The van der Waals surface area contributed by atoms with Gasteiger partial charge in [-0.2, -0.15) is 0 Å². The predicted molar refractivity (Wildman–Crippen MR) is 84.8 cm³/mol. The summed E-state index contributed by atoms with van der Waals surface area (Å²) < 4.78 is 26.7. The van der Waals surface area contributed by atoms with E-state index in [0.717, 1.165) is 44.8 Å². The first-order chi connectivity index (χ1) is 11.0. The molecule has 0 N–H and O–H groups in total. The van der Waals surface area contributed by atoms with E-state index in [1.54, 1.807) is 0 Å². The van der Waals surface area contributed by atoms with Gasteiger partial charge in [-0.25, -0.2) is 8.78 Å². The molecule has 0 aromatic heterocycles. The fourth-order valence-corrected chi connectivity index (χ4v) is 3.48. The van der Waals surface area contributed by atoms with E-state index in [9.17, 15) is 13.6 Å². The molecule has 23 heavy (non-hydrogen) atoms. The highest BCUT2D eigenvalue weighted by atomic mass is 19.1. The third-order valence-electron chi connectivity index (χ3n) is 5.32. The van der Waals surface area contributed by atoms with Gasteiger partial charge in [0.15, 0.2) is 0 Å². The topological polar surface area (TPSA) is 23.6 Å². The molecule has 2 fully saturated rings. The van der Waals surface area contributed by atoms with Gasteiger partial charge in [0.2, 0.25) is 5.91 Å². The number of likely N-dealkylation sites (tertiary alicyclic amines) is 1. The molecule has 5 heteroatoms. The largest absolute Gasteiger partial charge is 0.342 e. The highest BCUT2D eigenvalue weighted by Crippen LogP contribution is 2.29. The van der Waals surface area contributed by atoms with Crippen molar-refractivity contribution in [2.45, 2.75) is 44.7 Å². The van der Waals surface area contributed by atoms with Crippen LogP contribution in [0.2, 0.25) is 0 Å². The van der Waals surface area contributed by atoms with Crippen LogP contribution >= 0.6 is 0 Å². The number of amides is 1. The molecule has 126 valence electrons. The van der Waals surface area contributed by atoms with Gasteiger partial charge < -0.3 is 4.90 Å². The van der Waals surface area contributed by atoms with Crippen molar-refractivity contribution in [3.63, 3.8) is 0 Å². The van der Waals surface area contributed by atoms with Crippen LogP contribution < -0.4 is 0 Å². The first kappa shape index (κ1) is 16.4. The molecule has 0 unspecified atom stereocenters. The maximum atomic E-state index is 13.7. The minimum atomic E-state index is -0.541. The molecule has 0 bridgehead atoms. The maximum Gasteiger partial charge on any atom is 0.225 e. The predicted octanol–water partition coefficient (Wildman–Crippen LogP) is 3.19. The minimum absolute atomic E-state index is 0.242. The quantitative estimate of drug-likeness (QED) is 0.850. The lowest BCUT2D eigenvalue weighted by atomic mass is 9.84. The van der Waals surface area contributed by atoms with Crippen LogP contribution in [-0.4, -0.2) is 41.9 Å². The monoisotopic (exact) mass is 322 g/mol. The zero-order chi connectivity index (χ0) is 16.4. The summed E-state index contributed by atoms with van der Waals surface area (Å²) in [7, 11) is 1.92. The van der Waals surface area contributed by atoms with Crippen LogP contribution in [0.4, 0.5) is 8.78 Å². The highest BCUT2D eigenvalue weighted by molar-refractivity contribution is 5.79. The molecule has 0 atom stereocenters. The summed E-state index contributed by atoms with van der Waals surface area (Å²) >= 11 is 0. The van der Waals surface area contributed by atoms with E-state index in [0.29, 0.717) is 18.0 Å². The zero-order valence-corrected chi connectivity index (χ0v) is 13.6. The number of piperidine rings is 1. The Kier molecular flexibility index (Phi) is 4.95. The first-order valence-corrected chi connectivity index (χ1v) is 8.47. The van der Waals surface area contributed by atoms with Crippen LogP contribution in [0, 0.1) is 17.6 Å². The number of nitrogens with zero attached hydrogens (tertiary/aromatic N) is 2. The number of hydrogen-bond donors (Lipinski definition) is 0. The second-order valence-electron chi connectivity index (χ2n) is 6.82. The van der Waals surface area contributed by atoms with Crippen molar-refractivity contribution in [1.29, 1.82) is 0 Å². The number of carbonyl (C=O) groups excluding carboxylic acids is 1. The molecule has 1 aliphatic heterocycles. The molecule has 0 spiro atoms. The fraction of sp³-hybridized carbons (Fsp3) is 0.611. The molecule has 1 saturated heterocycles. The van der Waals surface area contributed by atoms with Gasteiger partial charge in [0.1, 0.15) is 11.6 Å². The van der Waals surface area contributed by atoms with Crippen molar-refractivity contribution in [1.82, 2.24) is 9.80 Å². The Morgan fingerprint density at radius 3 is 2.48 bits per heavy atom. The number of carbonyl (C=O) groups is 1. The van der Waals surface area contributed by atoms with Crippen molar-refractivity contribution in [3.8, 4) is 0 Å². The van der Waals surface area contributed by atoms with E-state index in [4.69, 9.17) is 0 Å². The van der Waals surface area contributed by atoms with Crippen molar-refractivity contribution in [2.24, 2.45) is 5.92 Å². The van der Waals surface area contributed by atoms with Gasteiger partial charge in [0.05, 0.1) is 0 Å². The van der Waals surface area contributed by atoms with Gasteiger partial charge in [-0.15, -0.1) is 0 Å². The van der Waals surface area contributed by atoms with Crippen LogP contribution in [0.1, 0.15) is 37.7 Å². The second kappa shape index (κ2) is 6.95. The van der Waals surface area contributed by atoms with E-state index < -0.39 is 11.6 Å². The van der Waals surface area contributed by atoms with E-state index in [2.05, 4.69) is 4.90 Å². The van der Waals surface area contributed by atoms with Crippen LogP contribution in [0.25, 0.3) is 0 Å². The Hall–Kier alpha value is -1.49. The Balaban J connectivity index is 1.50. The molecule has 0 radical (unpaired) electrons. The summed E-state index contributed by atoms with van der Waals surface area (Å²) in [5.74, 6) is -0.490. The van der Waals surface area contributed by atoms with Crippen molar-refractivity contribution >= 4 is 5.91 Å². The third kappa shape index (κ3) is 3.71. The average Bonchev–Trinajstić information content (AvgIpc) is 2.48. The van der Waals surface area contributed by atoms with Gasteiger partial charge in [-0.05, 0) is 31.7 Å². The minimum Gasteiger partial charge on any atom is -0.342 e. The molecule has 1 amide bonds. The van der Waals surface area contributed by atoms with E-state index in [1.807, 2.05) is 11.9 Å². The van der Waals surface area contributed by atoms with E-state index >= 15 is 0 Å². The highest BCUT2D eigenvalue weighted by Gasteiger charge is 2.32. The summed E-state index contributed by atoms with van der Waals surface area (Å²) in [6.07, 6.45) is 5.07. The average molecular weight is 322 g/mol. The Bertz CT molecular complexity index is 566. The molecule has 1 aromatic carbocycles. The molecule has 3 rings (SSSR count). The number of rotatable bonds is 4. The summed E-state index contributed by atoms with van der Waals surface area (Å²) in [6, 6.07) is 4.05. The van der Waals surface area contributed by atoms with Gasteiger partial charge in [0, 0.05) is 50.3 Å². The molecule has 1 aromatic rings. The normalized spacial score (nSPS) is 20.3. The van der Waals surface area contributed by atoms with Gasteiger partial charge in [-0.3, -0.25) is 9.69 Å². The van der Waals surface area contributed by atoms with Gasteiger partial charge in [-0.1, -0.05) is 12.5 Å². The number of halogens is 2. The SMILES string of the molecule is CN(C(=O)C1CCC1)C1CCN(Cc2ccc(F)cc2F)CC1. The summed E-state index contributed by atoms with van der Waals surface area (Å²) in [5, 5.41) is 0. The Morgan fingerprint density at radius 1 is 1.22 bits per heavy atom. The zero-order valence-electron chi connectivity index (χ0n) is 13.6. The number of benzene rings is 1. The van der Waals surface area contributed by atoms with Gasteiger partial charge in [0.25, 0.3) is 0 Å². The Morgan fingerprint density at radius 2 is 1.91 bits per heavy atom. The van der Waals surface area contributed by atoms with Crippen molar-refractivity contribution in [3.05, 3.63) is 35.4 Å². The smallest absolute Gasteiger partial charge is 0.225 e. The second-order valence-corrected chi connectivity index (χ2v) is 6.82. The molecular weight excluding hydrogens is 298 g/mol. The maximum absolute atomic E-state index is 13.7. The Labute approximate surface area is 136 Å². The lowest BCUT2D eigenvalue weighted by Gasteiger charge is -2.39. The molecule has 1 aliphatic carbocycles. The summed E-state index contributed by atoms with van der Waals surface area (Å²) in [6.45, 7) is 2.17. The molecule has 1 heterocycles. The molecular formula is C18H24F2N2O. The lowest BCUT2D eigenvalue weighted by molar-refractivity contribution is -0.139. The molecule has 2 aliphatic rings. The first-order valence-electron chi connectivity index (χ1n) is 8.47. The van der Waals surface area contributed by atoms with Crippen molar-refractivity contribution in [2.75, 3.05) is 20.1 Å². The lowest BCUT2D eigenvalue weighted by Crippen LogP contribution is -2.48. The van der Waals surface area contributed by atoms with Crippen LogP contribution in [-0.2, 0) is 11.3 Å².